The van der Waals surface area contributed by atoms with E-state index in [9.17, 15) is 0 Å². The molecular formula is C24H27NO3. The molecule has 0 aliphatic rings. The van der Waals surface area contributed by atoms with Crippen LogP contribution < -0.4 is 14.8 Å². The van der Waals surface area contributed by atoms with Crippen molar-refractivity contribution < 1.29 is 14.2 Å². The minimum Gasteiger partial charge on any atom is -0.493 e. The molecule has 0 aliphatic carbocycles. The average molecular weight is 377 g/mol. The van der Waals surface area contributed by atoms with E-state index in [1.165, 1.54) is 5.56 Å². The van der Waals surface area contributed by atoms with Crippen molar-refractivity contribution in [3.05, 3.63) is 90.0 Å². The van der Waals surface area contributed by atoms with E-state index in [0.717, 1.165) is 29.2 Å². The Hall–Kier alpha value is -2.98. The summed E-state index contributed by atoms with van der Waals surface area (Å²) in [4.78, 5) is 0. The molecule has 3 rings (SSSR count). The molecule has 0 saturated heterocycles. The van der Waals surface area contributed by atoms with E-state index < -0.39 is 0 Å². The van der Waals surface area contributed by atoms with Crippen LogP contribution >= 0.6 is 0 Å². The van der Waals surface area contributed by atoms with Crippen LogP contribution in [0.5, 0.6) is 11.5 Å². The van der Waals surface area contributed by atoms with Crippen LogP contribution in [0.25, 0.3) is 0 Å². The maximum absolute atomic E-state index is 6.04. The van der Waals surface area contributed by atoms with Crippen molar-refractivity contribution in [3.8, 4) is 11.5 Å². The summed E-state index contributed by atoms with van der Waals surface area (Å²) >= 11 is 0. The van der Waals surface area contributed by atoms with Gasteiger partial charge in [-0.25, -0.2) is 0 Å². The summed E-state index contributed by atoms with van der Waals surface area (Å²) in [6.07, 6.45) is 0.892. The predicted octanol–water partition coefficient (Wildman–Crippen LogP) is 4.95. The zero-order valence-corrected chi connectivity index (χ0v) is 16.3. The highest BCUT2D eigenvalue weighted by molar-refractivity contribution is 5.49. The lowest BCUT2D eigenvalue weighted by atomic mass is 10.1. The summed E-state index contributed by atoms with van der Waals surface area (Å²) in [6.45, 7) is 2.45. The second-order valence-corrected chi connectivity index (χ2v) is 6.41. The maximum atomic E-state index is 6.04. The Bertz CT molecular complexity index is 836. The van der Waals surface area contributed by atoms with Gasteiger partial charge in [0, 0.05) is 37.4 Å². The van der Waals surface area contributed by atoms with E-state index in [2.05, 4.69) is 35.6 Å². The van der Waals surface area contributed by atoms with Gasteiger partial charge in [-0.1, -0.05) is 54.6 Å². The van der Waals surface area contributed by atoms with Gasteiger partial charge in [-0.3, -0.25) is 0 Å². The molecule has 0 bridgehead atoms. The van der Waals surface area contributed by atoms with Crippen molar-refractivity contribution >= 4 is 5.69 Å². The molecule has 0 fully saturated rings. The molecule has 3 aromatic carbocycles. The van der Waals surface area contributed by atoms with Crippen LogP contribution in [0.2, 0.25) is 0 Å². The van der Waals surface area contributed by atoms with Crippen LogP contribution in [0.4, 0.5) is 5.69 Å². The van der Waals surface area contributed by atoms with Gasteiger partial charge in [-0.05, 0) is 23.8 Å². The summed E-state index contributed by atoms with van der Waals surface area (Å²) in [5.41, 5.74) is 3.42. The van der Waals surface area contributed by atoms with Gasteiger partial charge in [0.15, 0.2) is 0 Å². The van der Waals surface area contributed by atoms with E-state index >= 15 is 0 Å². The van der Waals surface area contributed by atoms with Crippen LogP contribution in [-0.2, 0) is 17.7 Å². The van der Waals surface area contributed by atoms with Crippen LogP contribution in [0.3, 0.4) is 0 Å². The van der Waals surface area contributed by atoms with Gasteiger partial charge < -0.3 is 19.5 Å². The number of para-hydroxylation sites is 1. The van der Waals surface area contributed by atoms with E-state index in [4.69, 9.17) is 14.2 Å². The summed E-state index contributed by atoms with van der Waals surface area (Å²) in [6, 6.07) is 26.5. The van der Waals surface area contributed by atoms with Gasteiger partial charge >= 0.3 is 0 Å². The maximum Gasteiger partial charge on any atom is 0.124 e. The number of hydrogen-bond acceptors (Lipinski definition) is 4. The lowest BCUT2D eigenvalue weighted by Crippen LogP contribution is -2.07. The van der Waals surface area contributed by atoms with Crippen molar-refractivity contribution in [2.75, 3.05) is 32.2 Å². The normalized spacial score (nSPS) is 10.5. The fourth-order valence-corrected chi connectivity index (χ4v) is 2.85. The van der Waals surface area contributed by atoms with E-state index in [0.29, 0.717) is 26.4 Å². The first-order chi connectivity index (χ1) is 13.8. The standard InChI is InChI=1S/C24H27NO3/c1-26-16-17-27-23-12-7-11-22(18-23)25-19-21-10-5-6-13-24(21)28-15-14-20-8-3-2-4-9-20/h2-13,18,25H,14-17,19H2,1H3. The molecule has 4 nitrogen and oxygen atoms in total. The quantitative estimate of drug-likeness (QED) is 0.480. The number of methoxy groups -OCH3 is 1. The van der Waals surface area contributed by atoms with Gasteiger partial charge in [0.25, 0.3) is 0 Å². The molecule has 0 unspecified atom stereocenters. The largest absolute Gasteiger partial charge is 0.493 e. The van der Waals surface area contributed by atoms with Crippen molar-refractivity contribution in [1.29, 1.82) is 0 Å². The number of benzene rings is 3. The van der Waals surface area contributed by atoms with Gasteiger partial charge in [-0.2, -0.15) is 0 Å². The first kappa shape index (κ1) is 19.8. The number of nitrogens with one attached hydrogen (secondary N) is 1. The average Bonchev–Trinajstić information content (AvgIpc) is 2.74. The SMILES string of the molecule is COCCOc1cccc(NCc2ccccc2OCCc2ccccc2)c1. The zero-order valence-electron chi connectivity index (χ0n) is 16.3. The highest BCUT2D eigenvalue weighted by Crippen LogP contribution is 2.22. The summed E-state index contributed by atoms with van der Waals surface area (Å²) in [5.74, 6) is 1.74. The fourth-order valence-electron chi connectivity index (χ4n) is 2.85. The third kappa shape index (κ3) is 6.32. The number of ether oxygens (including phenoxy) is 3. The third-order valence-corrected chi connectivity index (χ3v) is 4.34. The van der Waals surface area contributed by atoms with Crippen LogP contribution in [0.15, 0.2) is 78.9 Å². The van der Waals surface area contributed by atoms with Crippen LogP contribution in [0, 0.1) is 0 Å². The monoisotopic (exact) mass is 377 g/mol. The highest BCUT2D eigenvalue weighted by atomic mass is 16.5. The van der Waals surface area contributed by atoms with Crippen LogP contribution in [0.1, 0.15) is 11.1 Å². The Kier molecular flexibility index (Phi) is 7.77. The molecule has 0 amide bonds. The summed E-state index contributed by atoms with van der Waals surface area (Å²) in [7, 11) is 1.67. The smallest absolute Gasteiger partial charge is 0.124 e. The number of hydrogen-bond donors (Lipinski definition) is 1. The molecule has 4 heteroatoms. The third-order valence-electron chi connectivity index (χ3n) is 4.34. The molecule has 0 aromatic heterocycles. The van der Waals surface area contributed by atoms with Crippen molar-refractivity contribution in [2.24, 2.45) is 0 Å². The Morgan fingerprint density at radius 1 is 0.750 bits per heavy atom. The molecule has 3 aromatic rings. The molecule has 1 N–H and O–H groups in total. The van der Waals surface area contributed by atoms with Crippen molar-refractivity contribution in [3.63, 3.8) is 0 Å². The molecule has 0 radical (unpaired) electrons. The summed E-state index contributed by atoms with van der Waals surface area (Å²) in [5, 5.41) is 3.45. The minimum atomic E-state index is 0.540. The predicted molar refractivity (Wildman–Crippen MR) is 113 cm³/mol. The van der Waals surface area contributed by atoms with Crippen molar-refractivity contribution in [1.82, 2.24) is 0 Å². The molecule has 0 spiro atoms. The Balaban J connectivity index is 1.54. The van der Waals surface area contributed by atoms with Gasteiger partial charge in [0.2, 0.25) is 0 Å². The van der Waals surface area contributed by atoms with Gasteiger partial charge in [0.05, 0.1) is 13.2 Å². The topological polar surface area (TPSA) is 39.7 Å². The van der Waals surface area contributed by atoms with Crippen LogP contribution in [-0.4, -0.2) is 26.9 Å². The highest BCUT2D eigenvalue weighted by Gasteiger charge is 2.04. The lowest BCUT2D eigenvalue weighted by Gasteiger charge is -2.14. The van der Waals surface area contributed by atoms with Crippen molar-refractivity contribution in [2.45, 2.75) is 13.0 Å². The number of anilines is 1. The second-order valence-electron chi connectivity index (χ2n) is 6.41. The Labute approximate surface area is 167 Å². The van der Waals surface area contributed by atoms with E-state index in [-0.39, 0.29) is 0 Å². The van der Waals surface area contributed by atoms with Gasteiger partial charge in [-0.15, -0.1) is 0 Å². The fraction of sp³-hybridized carbons (Fsp3) is 0.250. The Morgan fingerprint density at radius 2 is 1.57 bits per heavy atom. The van der Waals surface area contributed by atoms with E-state index in [1.807, 2.05) is 48.5 Å². The van der Waals surface area contributed by atoms with E-state index in [1.54, 1.807) is 7.11 Å². The molecule has 0 heterocycles. The second kappa shape index (κ2) is 11.0. The molecule has 146 valence electrons. The lowest BCUT2D eigenvalue weighted by molar-refractivity contribution is 0.146. The molecule has 28 heavy (non-hydrogen) atoms. The zero-order chi connectivity index (χ0) is 19.4. The number of rotatable bonds is 11. The molecule has 0 atom stereocenters. The molecule has 0 aliphatic heterocycles. The molecule has 0 saturated carbocycles. The van der Waals surface area contributed by atoms with Gasteiger partial charge in [0.1, 0.15) is 18.1 Å². The molecular weight excluding hydrogens is 350 g/mol. The Morgan fingerprint density at radius 3 is 2.43 bits per heavy atom. The summed E-state index contributed by atoms with van der Waals surface area (Å²) < 4.78 is 16.7. The first-order valence-electron chi connectivity index (χ1n) is 9.55. The minimum absolute atomic E-state index is 0.540. The first-order valence-corrected chi connectivity index (χ1v) is 9.55.